The van der Waals surface area contributed by atoms with Crippen LogP contribution in [0.4, 0.5) is 4.79 Å². The number of hydrogen-bond donors (Lipinski definition) is 2. The monoisotopic (exact) mass is 614 g/mol. The van der Waals surface area contributed by atoms with Crippen molar-refractivity contribution in [2.24, 2.45) is 10.7 Å². The molecule has 1 amide bonds. The molecule has 0 bridgehead atoms. The fourth-order valence-corrected chi connectivity index (χ4v) is 5.75. The number of nitrogens with two attached hydrogens (primary N) is 1. The van der Waals surface area contributed by atoms with E-state index in [-0.39, 0.29) is 28.8 Å². The number of benzene rings is 3. The molecule has 0 radical (unpaired) electrons. The summed E-state index contributed by atoms with van der Waals surface area (Å²) in [6.45, 7) is -0.349. The Hall–Kier alpha value is -5.14. The summed E-state index contributed by atoms with van der Waals surface area (Å²) in [6.07, 6.45) is -4.16. The third-order valence-corrected chi connectivity index (χ3v) is 8.01. The summed E-state index contributed by atoms with van der Waals surface area (Å²) in [5.74, 6) is -1.89. The Balaban J connectivity index is 1.34. The van der Waals surface area contributed by atoms with Gasteiger partial charge in [0.15, 0.2) is 18.4 Å². The van der Waals surface area contributed by atoms with Crippen LogP contribution in [0, 0.1) is 0 Å². The van der Waals surface area contributed by atoms with Crippen LogP contribution in [-0.2, 0) is 18.9 Å². The Bertz CT molecular complexity index is 1620. The van der Waals surface area contributed by atoms with Crippen LogP contribution in [0.3, 0.4) is 0 Å². The second-order valence-electron chi connectivity index (χ2n) is 9.88. The largest absolute Gasteiger partial charge is 0.459 e. The molecular weight excluding hydrogens is 588 g/mol. The van der Waals surface area contributed by atoms with Crippen LogP contribution in [0.2, 0.25) is 0 Å². The van der Waals surface area contributed by atoms with Crippen LogP contribution in [0.25, 0.3) is 0 Å². The third kappa shape index (κ3) is 6.00. The van der Waals surface area contributed by atoms with Crippen LogP contribution in [0.1, 0.15) is 31.1 Å². The number of amides is 1. The van der Waals surface area contributed by atoms with Gasteiger partial charge in [0.2, 0.25) is 0 Å². The minimum atomic E-state index is -1.26. The van der Waals surface area contributed by atoms with Crippen molar-refractivity contribution >= 4 is 41.2 Å². The van der Waals surface area contributed by atoms with Crippen molar-refractivity contribution in [3.63, 3.8) is 0 Å². The topological polar surface area (TPSA) is 159 Å². The minimum absolute atomic E-state index is 0.144. The lowest BCUT2D eigenvalue weighted by Crippen LogP contribution is -2.55. The summed E-state index contributed by atoms with van der Waals surface area (Å²) in [5, 5.41) is 2.43. The van der Waals surface area contributed by atoms with Gasteiger partial charge in [0.25, 0.3) is 5.24 Å². The molecule has 3 N–H and O–H groups in total. The fraction of sp³-hybridized carbons (Fsp3) is 0.194. The highest BCUT2D eigenvalue weighted by Crippen LogP contribution is 2.38. The Morgan fingerprint density at radius 2 is 1.34 bits per heavy atom. The number of nitrogens with zero attached hydrogens (tertiary/aromatic N) is 2. The quantitative estimate of drug-likeness (QED) is 0.283. The Morgan fingerprint density at radius 1 is 0.818 bits per heavy atom. The lowest BCUT2D eigenvalue weighted by atomic mass is 10.1. The summed E-state index contributed by atoms with van der Waals surface area (Å²) in [4.78, 5) is 58.0. The van der Waals surface area contributed by atoms with Gasteiger partial charge in [-0.15, -0.1) is 0 Å². The number of ether oxygens (including phenoxy) is 4. The predicted octanol–water partition coefficient (Wildman–Crippen LogP) is 3.27. The van der Waals surface area contributed by atoms with Crippen LogP contribution in [0.15, 0.2) is 107 Å². The highest BCUT2D eigenvalue weighted by atomic mass is 32.2. The normalized spacial score (nSPS) is 24.0. The zero-order valence-corrected chi connectivity index (χ0v) is 23.8. The van der Waals surface area contributed by atoms with E-state index in [4.69, 9.17) is 24.7 Å². The van der Waals surface area contributed by atoms with Crippen molar-refractivity contribution in [1.82, 2.24) is 10.2 Å². The Labute approximate surface area is 255 Å². The number of thioether (sulfide) groups is 1. The van der Waals surface area contributed by atoms with Crippen molar-refractivity contribution in [2.75, 3.05) is 6.61 Å². The lowest BCUT2D eigenvalue weighted by molar-refractivity contribution is -0.0851. The predicted molar refractivity (Wildman–Crippen MR) is 158 cm³/mol. The van der Waals surface area contributed by atoms with E-state index in [2.05, 4.69) is 10.3 Å². The second kappa shape index (κ2) is 12.6. The Kier molecular flexibility index (Phi) is 8.30. The summed E-state index contributed by atoms with van der Waals surface area (Å²) in [6, 6.07) is 24.9. The SMILES string of the molecule is NC1=C2SC(=O)NC2N([C@@H]2O[C@H](COC(=O)c3ccccc3)[C@@H](OC(=O)c3ccccc3)[C@H]2OC(=O)c2ccccc2)C=N1. The standard InChI is InChI=1S/C31H26N4O8S/c32-25-24-26(34-31(39)44-24)35(17-33-25)27-23(43-30(38)20-14-8-3-9-15-20)22(42-29(37)19-12-6-2-7-13-19)21(41-27)16-40-28(36)18-10-4-1-5-11-18/h1-15,17,21-23,26-27H,16,32H2,(H,34,39)/t21-,22-,23-,26?,27-/m1/s1. The van der Waals surface area contributed by atoms with Gasteiger partial charge in [-0.05, 0) is 48.2 Å². The highest BCUT2D eigenvalue weighted by molar-refractivity contribution is 8.17. The van der Waals surface area contributed by atoms with Gasteiger partial charge < -0.3 is 34.9 Å². The first kappa shape index (κ1) is 29.0. The first-order valence-corrected chi connectivity index (χ1v) is 14.4. The van der Waals surface area contributed by atoms with Gasteiger partial charge >= 0.3 is 17.9 Å². The lowest BCUT2D eigenvalue weighted by Gasteiger charge is -2.36. The fourth-order valence-electron chi connectivity index (χ4n) is 4.93. The zero-order valence-electron chi connectivity index (χ0n) is 23.0. The van der Waals surface area contributed by atoms with Gasteiger partial charge in [0.1, 0.15) is 24.7 Å². The molecule has 13 heteroatoms. The third-order valence-electron chi connectivity index (χ3n) is 7.06. The first-order chi connectivity index (χ1) is 21.4. The molecule has 0 spiro atoms. The second-order valence-corrected chi connectivity index (χ2v) is 10.9. The molecule has 0 saturated carbocycles. The molecule has 3 heterocycles. The summed E-state index contributed by atoms with van der Waals surface area (Å²) in [7, 11) is 0. The van der Waals surface area contributed by atoms with Crippen molar-refractivity contribution in [3.8, 4) is 0 Å². The van der Waals surface area contributed by atoms with Gasteiger partial charge in [0, 0.05) is 0 Å². The summed E-state index contributed by atoms with van der Waals surface area (Å²) >= 11 is 0.885. The molecule has 0 aliphatic carbocycles. The van der Waals surface area contributed by atoms with E-state index >= 15 is 0 Å². The van der Waals surface area contributed by atoms with Crippen LogP contribution < -0.4 is 11.1 Å². The van der Waals surface area contributed by atoms with E-state index in [0.29, 0.717) is 10.5 Å². The van der Waals surface area contributed by atoms with Crippen molar-refractivity contribution in [3.05, 3.63) is 118 Å². The first-order valence-electron chi connectivity index (χ1n) is 13.6. The van der Waals surface area contributed by atoms with Crippen molar-refractivity contribution in [1.29, 1.82) is 0 Å². The van der Waals surface area contributed by atoms with Crippen LogP contribution in [0.5, 0.6) is 0 Å². The number of nitrogens with one attached hydrogen (secondary N) is 1. The van der Waals surface area contributed by atoms with E-state index in [0.717, 1.165) is 11.8 Å². The van der Waals surface area contributed by atoms with Gasteiger partial charge in [-0.3, -0.25) is 4.79 Å². The van der Waals surface area contributed by atoms with E-state index in [1.807, 2.05) is 0 Å². The molecule has 44 heavy (non-hydrogen) atoms. The van der Waals surface area contributed by atoms with E-state index in [9.17, 15) is 19.2 Å². The molecule has 2 fully saturated rings. The highest BCUT2D eigenvalue weighted by Gasteiger charge is 2.55. The number of esters is 3. The van der Waals surface area contributed by atoms with Gasteiger partial charge in [-0.2, -0.15) is 0 Å². The van der Waals surface area contributed by atoms with Crippen LogP contribution >= 0.6 is 11.8 Å². The zero-order chi connectivity index (χ0) is 30.6. The van der Waals surface area contributed by atoms with E-state index < -0.39 is 48.6 Å². The summed E-state index contributed by atoms with van der Waals surface area (Å²) < 4.78 is 23.8. The van der Waals surface area contributed by atoms with Crippen LogP contribution in [-0.4, -0.2) is 71.7 Å². The number of rotatable bonds is 8. The molecule has 5 atom stereocenters. The molecule has 2 saturated heterocycles. The van der Waals surface area contributed by atoms with Gasteiger partial charge in [-0.1, -0.05) is 54.6 Å². The minimum Gasteiger partial charge on any atom is -0.459 e. The summed E-state index contributed by atoms with van der Waals surface area (Å²) in [5.41, 5.74) is 6.86. The molecule has 3 aromatic carbocycles. The number of hydrogen-bond acceptors (Lipinski definition) is 12. The molecular formula is C31H26N4O8S. The molecule has 0 aromatic heterocycles. The molecule has 224 valence electrons. The number of carbonyl (C=O) groups is 4. The maximum atomic E-state index is 13.4. The van der Waals surface area contributed by atoms with E-state index in [1.165, 1.54) is 11.2 Å². The molecule has 3 aromatic rings. The van der Waals surface area contributed by atoms with Gasteiger partial charge in [-0.25, -0.2) is 19.4 Å². The number of fused-ring (bicyclic) bond motifs is 1. The molecule has 3 aliphatic heterocycles. The number of carbonyl (C=O) groups excluding carboxylic acids is 4. The average molecular weight is 615 g/mol. The molecule has 3 aliphatic rings. The van der Waals surface area contributed by atoms with Gasteiger partial charge in [0.05, 0.1) is 27.9 Å². The van der Waals surface area contributed by atoms with Crippen molar-refractivity contribution < 1.29 is 38.1 Å². The smallest absolute Gasteiger partial charge is 0.338 e. The number of aliphatic imine (C=N–C) groups is 1. The van der Waals surface area contributed by atoms with E-state index in [1.54, 1.807) is 91.0 Å². The maximum absolute atomic E-state index is 13.4. The molecule has 6 rings (SSSR count). The van der Waals surface area contributed by atoms with Crippen molar-refractivity contribution in [2.45, 2.75) is 30.7 Å². The Morgan fingerprint density at radius 3 is 1.91 bits per heavy atom. The molecule has 12 nitrogen and oxygen atoms in total. The molecule has 1 unspecified atom stereocenters. The maximum Gasteiger partial charge on any atom is 0.338 e. The average Bonchev–Trinajstić information content (AvgIpc) is 3.61.